The second-order valence-corrected chi connectivity index (χ2v) is 8.17. The fraction of sp³-hybridized carbons (Fsp3) is 0.300. The molecule has 5 nitrogen and oxygen atoms in total. The molecule has 0 amide bonds. The third-order valence-corrected chi connectivity index (χ3v) is 5.76. The summed E-state index contributed by atoms with van der Waals surface area (Å²) in [5.41, 5.74) is -0.600. The van der Waals surface area contributed by atoms with Crippen molar-refractivity contribution in [2.45, 2.75) is 17.5 Å². The number of rotatable bonds is 4. The minimum Gasteiger partial charge on any atom is -0.441 e. The van der Waals surface area contributed by atoms with Gasteiger partial charge in [-0.2, -0.15) is 30.4 Å². The van der Waals surface area contributed by atoms with Crippen LogP contribution in [-0.2, 0) is 14.9 Å². The first-order valence-corrected chi connectivity index (χ1v) is 9.18. The van der Waals surface area contributed by atoms with E-state index < -0.39 is 39.2 Å². The van der Waals surface area contributed by atoms with E-state index in [0.717, 1.165) is 6.07 Å². The molecule has 0 radical (unpaired) electrons. The summed E-state index contributed by atoms with van der Waals surface area (Å²) in [7, 11) is -6.50. The first-order chi connectivity index (χ1) is 10.6. The molecular formula is C10H4Br3F5O5S. The van der Waals surface area contributed by atoms with Crippen LogP contribution in [0.3, 0.4) is 0 Å². The Morgan fingerprint density at radius 1 is 1.12 bits per heavy atom. The summed E-state index contributed by atoms with van der Waals surface area (Å²) in [5, 5.41) is -5.80. The van der Waals surface area contributed by atoms with Crippen molar-refractivity contribution in [3.8, 4) is 0 Å². The average molecular weight is 571 g/mol. The van der Waals surface area contributed by atoms with Gasteiger partial charge in [-0.25, -0.2) is 4.79 Å². The van der Waals surface area contributed by atoms with Gasteiger partial charge in [-0.1, -0.05) is 15.9 Å². The van der Waals surface area contributed by atoms with E-state index in [1.165, 1.54) is 6.07 Å². The predicted octanol–water partition coefficient (Wildman–Crippen LogP) is 4.54. The number of carbonyl (C=O) groups excluding carboxylic acids is 1. The second-order valence-electron chi connectivity index (χ2n) is 4.11. The van der Waals surface area contributed by atoms with Gasteiger partial charge in [0.2, 0.25) is 0 Å². The number of benzene rings is 1. The quantitative estimate of drug-likeness (QED) is 0.249. The summed E-state index contributed by atoms with van der Waals surface area (Å²) in [6, 6.07) is 2.34. The van der Waals surface area contributed by atoms with Gasteiger partial charge in [-0.3, -0.25) is 4.55 Å². The molecule has 136 valence electrons. The Kier molecular flexibility index (Phi) is 6.46. The molecule has 0 spiro atoms. The molecule has 0 aliphatic carbocycles. The third kappa shape index (κ3) is 4.65. The van der Waals surface area contributed by atoms with Gasteiger partial charge >= 0.3 is 27.5 Å². The van der Waals surface area contributed by atoms with Gasteiger partial charge in [-0.05, 0) is 44.0 Å². The molecule has 1 unspecified atom stereocenters. The van der Waals surface area contributed by atoms with E-state index in [2.05, 4.69) is 52.5 Å². The van der Waals surface area contributed by atoms with Crippen LogP contribution in [0.5, 0.6) is 0 Å². The van der Waals surface area contributed by atoms with Crippen molar-refractivity contribution in [3.63, 3.8) is 0 Å². The van der Waals surface area contributed by atoms with Crippen molar-refractivity contribution >= 4 is 63.9 Å². The second kappa shape index (κ2) is 7.13. The van der Waals surface area contributed by atoms with Gasteiger partial charge in [0.1, 0.15) is 0 Å². The van der Waals surface area contributed by atoms with Crippen LogP contribution in [0.1, 0.15) is 10.4 Å². The van der Waals surface area contributed by atoms with Gasteiger partial charge in [0.05, 0.1) is 5.56 Å². The monoisotopic (exact) mass is 568 g/mol. The summed E-state index contributed by atoms with van der Waals surface area (Å²) in [4.78, 5) is 11.8. The number of esters is 1. The molecule has 0 bridgehead atoms. The Hall–Kier alpha value is -0.310. The van der Waals surface area contributed by atoms with Crippen LogP contribution in [0.15, 0.2) is 25.6 Å². The molecule has 0 fully saturated rings. The fourth-order valence-corrected chi connectivity index (χ4v) is 3.40. The van der Waals surface area contributed by atoms with E-state index in [0.29, 0.717) is 0 Å². The largest absolute Gasteiger partial charge is 0.441 e. The molecule has 0 heterocycles. The van der Waals surface area contributed by atoms with Crippen LogP contribution in [-0.4, -0.2) is 36.5 Å². The summed E-state index contributed by atoms with van der Waals surface area (Å²) >= 11 is 8.72. The van der Waals surface area contributed by atoms with Crippen LogP contribution in [0.25, 0.3) is 0 Å². The maximum atomic E-state index is 13.4. The van der Waals surface area contributed by atoms with E-state index in [4.69, 9.17) is 4.55 Å². The van der Waals surface area contributed by atoms with Crippen LogP contribution in [0.2, 0.25) is 0 Å². The molecule has 0 saturated carbocycles. The van der Waals surface area contributed by atoms with E-state index >= 15 is 0 Å². The molecule has 1 aromatic rings. The molecule has 0 aromatic heterocycles. The van der Waals surface area contributed by atoms with E-state index in [9.17, 15) is 35.2 Å². The number of ether oxygens (including phenoxy) is 1. The van der Waals surface area contributed by atoms with Crippen LogP contribution in [0, 0.1) is 0 Å². The van der Waals surface area contributed by atoms with Gasteiger partial charge in [0, 0.05) is 13.4 Å². The molecule has 0 saturated heterocycles. The number of carbonyl (C=O) groups is 1. The van der Waals surface area contributed by atoms with Crippen molar-refractivity contribution < 1.29 is 44.5 Å². The zero-order valence-electron chi connectivity index (χ0n) is 10.7. The highest BCUT2D eigenvalue weighted by molar-refractivity contribution is 9.13. The lowest BCUT2D eigenvalue weighted by Gasteiger charge is -2.26. The van der Waals surface area contributed by atoms with Crippen LogP contribution in [0.4, 0.5) is 22.0 Å². The molecule has 0 aliphatic heterocycles. The first kappa shape index (κ1) is 21.7. The maximum Gasteiger partial charge on any atom is 0.432 e. The zero-order valence-corrected chi connectivity index (χ0v) is 16.3. The van der Waals surface area contributed by atoms with E-state index in [1.807, 2.05) is 0 Å². The molecule has 1 rings (SSSR count). The van der Waals surface area contributed by atoms with Gasteiger partial charge in [-0.15, -0.1) is 0 Å². The SMILES string of the molecule is O=C(OC(C(F)(F)F)C(F)(F)S(=O)(=O)O)c1cc(Br)cc(Br)c1Br. The van der Waals surface area contributed by atoms with Gasteiger partial charge in [0.15, 0.2) is 0 Å². The molecule has 24 heavy (non-hydrogen) atoms. The normalized spacial score (nSPS) is 14.4. The Balaban J connectivity index is 3.35. The summed E-state index contributed by atoms with van der Waals surface area (Å²) in [6.07, 6.45) is -10.4. The summed E-state index contributed by atoms with van der Waals surface area (Å²) in [6.45, 7) is 0. The smallest absolute Gasteiger partial charge is 0.432 e. The van der Waals surface area contributed by atoms with E-state index in [-0.39, 0.29) is 13.4 Å². The number of alkyl halides is 5. The van der Waals surface area contributed by atoms with Gasteiger partial charge < -0.3 is 4.74 Å². The topological polar surface area (TPSA) is 80.7 Å². The minimum absolute atomic E-state index is 0.119. The van der Waals surface area contributed by atoms with Crippen LogP contribution < -0.4 is 0 Å². The fourth-order valence-electron chi connectivity index (χ4n) is 1.34. The van der Waals surface area contributed by atoms with Crippen LogP contribution >= 0.6 is 47.8 Å². The number of hydrogen-bond acceptors (Lipinski definition) is 4. The zero-order chi connectivity index (χ0) is 19.1. The summed E-state index contributed by atoms with van der Waals surface area (Å²) < 4.78 is 98.1. The maximum absolute atomic E-state index is 13.4. The van der Waals surface area contributed by atoms with Crippen molar-refractivity contribution in [3.05, 3.63) is 31.1 Å². The highest BCUT2D eigenvalue weighted by atomic mass is 79.9. The van der Waals surface area contributed by atoms with Crippen molar-refractivity contribution in [2.24, 2.45) is 0 Å². The lowest BCUT2D eigenvalue weighted by atomic mass is 10.2. The Labute approximate surface area is 156 Å². The predicted molar refractivity (Wildman–Crippen MR) is 81.3 cm³/mol. The molecule has 1 atom stereocenters. The van der Waals surface area contributed by atoms with E-state index in [1.54, 1.807) is 0 Å². The van der Waals surface area contributed by atoms with Gasteiger partial charge in [0.25, 0.3) is 6.10 Å². The molecule has 14 heteroatoms. The average Bonchev–Trinajstić information content (AvgIpc) is 2.36. The molecule has 1 N–H and O–H groups in total. The molecule has 0 aliphatic rings. The Bertz CT molecular complexity index is 765. The summed E-state index contributed by atoms with van der Waals surface area (Å²) in [5.74, 6) is -1.89. The highest BCUT2D eigenvalue weighted by Gasteiger charge is 2.66. The van der Waals surface area contributed by atoms with Crippen molar-refractivity contribution in [2.75, 3.05) is 0 Å². The van der Waals surface area contributed by atoms with Crippen molar-refractivity contribution in [1.82, 2.24) is 0 Å². The standard InChI is InChI=1S/C10H4Br3F5O5S/c11-3-1-4(6(13)5(12)2-3)7(19)23-8(9(14,15)16)10(17,18)24(20,21)22/h1-2,8H,(H,20,21,22). The van der Waals surface area contributed by atoms with Crippen molar-refractivity contribution in [1.29, 1.82) is 0 Å². The molecule has 1 aromatic carbocycles. The number of halogens is 8. The Morgan fingerprint density at radius 3 is 2.04 bits per heavy atom. The highest BCUT2D eigenvalue weighted by Crippen LogP contribution is 2.39. The molecular weight excluding hydrogens is 567 g/mol. The Morgan fingerprint density at radius 2 is 1.62 bits per heavy atom. The lowest BCUT2D eigenvalue weighted by molar-refractivity contribution is -0.248. The third-order valence-electron chi connectivity index (χ3n) is 2.38. The lowest BCUT2D eigenvalue weighted by Crippen LogP contribution is -2.52. The first-order valence-electron chi connectivity index (χ1n) is 5.36. The number of hydrogen-bond donors (Lipinski definition) is 1. The minimum atomic E-state index is -6.50.